The maximum atomic E-state index is 12.4. The van der Waals surface area contributed by atoms with Gasteiger partial charge in [-0.2, -0.15) is 5.10 Å². The minimum atomic E-state index is -0.415. The summed E-state index contributed by atoms with van der Waals surface area (Å²) >= 11 is 1.38. The topological polar surface area (TPSA) is 116 Å². The first-order valence-electron chi connectivity index (χ1n) is 9.15. The van der Waals surface area contributed by atoms with Crippen LogP contribution in [0, 0.1) is 29.9 Å². The van der Waals surface area contributed by atoms with Gasteiger partial charge in [-0.15, -0.1) is 10.2 Å². The Morgan fingerprint density at radius 1 is 1.24 bits per heavy atom. The molecule has 29 heavy (non-hydrogen) atoms. The van der Waals surface area contributed by atoms with Gasteiger partial charge in [-0.1, -0.05) is 37.3 Å². The molecular weight excluding hydrogens is 392 g/mol. The monoisotopic (exact) mass is 414 g/mol. The summed E-state index contributed by atoms with van der Waals surface area (Å²) in [6, 6.07) is 7.03. The van der Waals surface area contributed by atoms with Crippen molar-refractivity contribution in [2.75, 3.05) is 5.32 Å². The zero-order chi connectivity index (χ0) is 21.1. The van der Waals surface area contributed by atoms with E-state index in [2.05, 4.69) is 34.5 Å². The number of anilines is 1. The average Bonchev–Trinajstić information content (AvgIpc) is 3.18. The third kappa shape index (κ3) is 4.83. The summed E-state index contributed by atoms with van der Waals surface area (Å²) < 4.78 is 1.60. The number of carbonyl (C=O) groups is 1. The molecule has 152 valence electrons. The van der Waals surface area contributed by atoms with Crippen LogP contribution in [0.5, 0.6) is 0 Å². The fourth-order valence-electron chi connectivity index (χ4n) is 2.95. The summed E-state index contributed by atoms with van der Waals surface area (Å²) in [5.41, 5.74) is 2.31. The lowest BCUT2D eigenvalue weighted by atomic mass is 10.1. The average molecular weight is 414 g/mol. The molecule has 0 spiro atoms. The molecule has 0 aliphatic rings. The molecule has 0 unspecified atom stereocenters. The molecule has 0 aliphatic carbocycles. The van der Waals surface area contributed by atoms with Crippen molar-refractivity contribution in [2.45, 2.75) is 40.7 Å². The Balaban J connectivity index is 1.67. The van der Waals surface area contributed by atoms with Crippen LogP contribution in [0.3, 0.4) is 0 Å². The SMILES string of the molecule is Cc1nn(Cc2ccc(C(=O)Nc3nnc(CC(C)C)s3)cc2)c(C)c1[N+](=O)[O-]. The van der Waals surface area contributed by atoms with Crippen LogP contribution in [0.15, 0.2) is 24.3 Å². The Kier molecular flexibility index (Phi) is 6.02. The molecule has 2 heterocycles. The molecule has 0 atom stereocenters. The summed E-state index contributed by atoms with van der Waals surface area (Å²) in [7, 11) is 0. The molecule has 1 amide bonds. The molecule has 2 aromatic heterocycles. The molecular formula is C19H22N6O3S. The van der Waals surface area contributed by atoms with E-state index < -0.39 is 4.92 Å². The van der Waals surface area contributed by atoms with E-state index in [9.17, 15) is 14.9 Å². The predicted octanol–water partition coefficient (Wildman–Crippen LogP) is 3.76. The van der Waals surface area contributed by atoms with Crippen molar-refractivity contribution >= 4 is 28.1 Å². The first-order chi connectivity index (χ1) is 13.7. The Morgan fingerprint density at radius 3 is 2.52 bits per heavy atom. The van der Waals surface area contributed by atoms with Crippen molar-refractivity contribution in [2.24, 2.45) is 5.92 Å². The van der Waals surface area contributed by atoms with Crippen LogP contribution in [0.1, 0.15) is 46.2 Å². The minimum absolute atomic E-state index is 0.0369. The van der Waals surface area contributed by atoms with Gasteiger partial charge in [0.2, 0.25) is 5.13 Å². The van der Waals surface area contributed by atoms with E-state index in [-0.39, 0.29) is 11.6 Å². The lowest BCUT2D eigenvalue weighted by molar-refractivity contribution is -0.386. The summed E-state index contributed by atoms with van der Waals surface area (Å²) in [6.45, 7) is 7.89. The van der Waals surface area contributed by atoms with Gasteiger partial charge >= 0.3 is 5.69 Å². The van der Waals surface area contributed by atoms with Crippen LogP contribution in [0.2, 0.25) is 0 Å². The highest BCUT2D eigenvalue weighted by atomic mass is 32.1. The predicted molar refractivity (Wildman–Crippen MR) is 110 cm³/mol. The molecule has 10 heteroatoms. The first-order valence-corrected chi connectivity index (χ1v) is 9.97. The van der Waals surface area contributed by atoms with Crippen molar-refractivity contribution < 1.29 is 9.72 Å². The molecule has 0 fully saturated rings. The number of hydrogen-bond donors (Lipinski definition) is 1. The number of aromatic nitrogens is 4. The molecule has 0 radical (unpaired) electrons. The number of carbonyl (C=O) groups excluding carboxylic acids is 1. The standard InChI is InChI=1S/C19H22N6O3S/c1-11(2)9-16-21-22-19(29-16)20-18(26)15-7-5-14(6-8-15)10-24-13(4)17(25(27)28)12(3)23-24/h5-8,11H,9-10H2,1-4H3,(H,20,22,26). The zero-order valence-electron chi connectivity index (χ0n) is 16.7. The number of hydrogen-bond acceptors (Lipinski definition) is 7. The number of aryl methyl sites for hydroxylation is 1. The zero-order valence-corrected chi connectivity index (χ0v) is 17.5. The number of rotatable bonds is 7. The number of benzene rings is 1. The molecule has 0 bridgehead atoms. The van der Waals surface area contributed by atoms with Gasteiger partial charge in [-0.25, -0.2) is 0 Å². The molecule has 9 nitrogen and oxygen atoms in total. The van der Waals surface area contributed by atoms with Gasteiger partial charge in [-0.3, -0.25) is 24.9 Å². The van der Waals surface area contributed by atoms with E-state index >= 15 is 0 Å². The van der Waals surface area contributed by atoms with Gasteiger partial charge in [-0.05, 0) is 37.5 Å². The maximum Gasteiger partial charge on any atom is 0.312 e. The van der Waals surface area contributed by atoms with Gasteiger partial charge in [0.15, 0.2) is 0 Å². The molecule has 0 saturated carbocycles. The van der Waals surface area contributed by atoms with E-state index in [1.807, 2.05) is 12.1 Å². The maximum absolute atomic E-state index is 12.4. The van der Waals surface area contributed by atoms with E-state index in [1.54, 1.807) is 30.7 Å². The van der Waals surface area contributed by atoms with Gasteiger partial charge in [0, 0.05) is 12.0 Å². The highest BCUT2D eigenvalue weighted by molar-refractivity contribution is 7.15. The van der Waals surface area contributed by atoms with Crippen molar-refractivity contribution in [1.82, 2.24) is 20.0 Å². The summed E-state index contributed by atoms with van der Waals surface area (Å²) in [6.07, 6.45) is 0.826. The fourth-order valence-corrected chi connectivity index (χ4v) is 3.89. The lowest BCUT2D eigenvalue weighted by Gasteiger charge is -2.06. The highest BCUT2D eigenvalue weighted by Crippen LogP contribution is 2.23. The molecule has 3 aromatic rings. The molecule has 1 N–H and O–H groups in total. The molecule has 0 saturated heterocycles. The Morgan fingerprint density at radius 2 is 1.93 bits per heavy atom. The molecule has 3 rings (SSSR count). The van der Waals surface area contributed by atoms with Crippen molar-refractivity contribution in [1.29, 1.82) is 0 Å². The van der Waals surface area contributed by atoms with Crippen molar-refractivity contribution in [3.63, 3.8) is 0 Å². The third-order valence-electron chi connectivity index (χ3n) is 4.34. The summed E-state index contributed by atoms with van der Waals surface area (Å²) in [4.78, 5) is 23.1. The highest BCUT2D eigenvalue weighted by Gasteiger charge is 2.21. The lowest BCUT2D eigenvalue weighted by Crippen LogP contribution is -2.12. The quantitative estimate of drug-likeness (QED) is 0.465. The van der Waals surface area contributed by atoms with Crippen LogP contribution in [-0.2, 0) is 13.0 Å². The van der Waals surface area contributed by atoms with Crippen LogP contribution >= 0.6 is 11.3 Å². The summed E-state index contributed by atoms with van der Waals surface area (Å²) in [5, 5.41) is 27.6. The Hall–Kier alpha value is -3.14. The van der Waals surface area contributed by atoms with Crippen LogP contribution in [0.4, 0.5) is 10.8 Å². The smallest absolute Gasteiger partial charge is 0.296 e. The van der Waals surface area contributed by atoms with E-state index in [4.69, 9.17) is 0 Å². The normalized spacial score (nSPS) is 11.1. The van der Waals surface area contributed by atoms with E-state index in [0.29, 0.717) is 34.5 Å². The van der Waals surface area contributed by atoms with Gasteiger partial charge in [0.1, 0.15) is 16.4 Å². The third-order valence-corrected chi connectivity index (χ3v) is 5.21. The van der Waals surface area contributed by atoms with Crippen molar-refractivity contribution in [3.8, 4) is 0 Å². The second-order valence-corrected chi connectivity index (χ2v) is 8.25. The first kappa shape index (κ1) is 20.6. The second kappa shape index (κ2) is 8.48. The number of amides is 1. The molecule has 0 aliphatic heterocycles. The molecule has 1 aromatic carbocycles. The number of nitrogens with zero attached hydrogens (tertiary/aromatic N) is 5. The van der Waals surface area contributed by atoms with E-state index in [1.165, 1.54) is 11.3 Å². The number of nitro groups is 1. The Labute approximate surface area is 171 Å². The number of nitrogens with one attached hydrogen (secondary N) is 1. The van der Waals surface area contributed by atoms with Gasteiger partial charge in [0.05, 0.1) is 11.5 Å². The van der Waals surface area contributed by atoms with Crippen LogP contribution < -0.4 is 5.32 Å². The van der Waals surface area contributed by atoms with Crippen LogP contribution in [0.25, 0.3) is 0 Å². The Bertz CT molecular complexity index is 1040. The summed E-state index contributed by atoms with van der Waals surface area (Å²) in [5.74, 6) is 0.216. The largest absolute Gasteiger partial charge is 0.312 e. The van der Waals surface area contributed by atoms with Crippen molar-refractivity contribution in [3.05, 3.63) is 61.9 Å². The van der Waals surface area contributed by atoms with Gasteiger partial charge in [0.25, 0.3) is 5.91 Å². The van der Waals surface area contributed by atoms with Gasteiger partial charge < -0.3 is 0 Å². The second-order valence-electron chi connectivity index (χ2n) is 7.18. The van der Waals surface area contributed by atoms with Crippen LogP contribution in [-0.4, -0.2) is 30.8 Å². The van der Waals surface area contributed by atoms with E-state index in [0.717, 1.165) is 17.0 Å². The fraction of sp³-hybridized carbons (Fsp3) is 0.368. The minimum Gasteiger partial charge on any atom is -0.296 e.